The third-order valence-electron chi connectivity index (χ3n) is 2.12. The molecule has 0 aliphatic carbocycles. The van der Waals surface area contributed by atoms with Crippen LogP contribution in [0.5, 0.6) is 0 Å². The first kappa shape index (κ1) is 11.0. The van der Waals surface area contributed by atoms with E-state index in [1.165, 1.54) is 26.1 Å². The number of carboxylic acids is 1. The molecule has 0 unspecified atom stereocenters. The molecule has 0 spiro atoms. The maximum Gasteiger partial charge on any atom is 0.336 e. The Morgan fingerprint density at radius 1 is 1.53 bits per heavy atom. The van der Waals surface area contributed by atoms with E-state index in [9.17, 15) is 14.9 Å². The Morgan fingerprint density at radius 3 is 2.53 bits per heavy atom. The fourth-order valence-corrected chi connectivity index (χ4v) is 1.40. The van der Waals surface area contributed by atoms with Crippen LogP contribution in [0.1, 0.15) is 15.9 Å². The van der Waals surface area contributed by atoms with Crippen LogP contribution in [-0.4, -0.2) is 23.0 Å². The van der Waals surface area contributed by atoms with E-state index >= 15 is 0 Å². The zero-order valence-corrected chi connectivity index (χ0v) is 8.27. The normalized spacial score (nSPS) is 9.73. The molecule has 1 aromatic rings. The van der Waals surface area contributed by atoms with Crippen molar-refractivity contribution in [2.75, 3.05) is 12.4 Å². The number of nitrogens with one attached hydrogen (secondary N) is 1. The fourth-order valence-electron chi connectivity index (χ4n) is 1.40. The van der Waals surface area contributed by atoms with Gasteiger partial charge < -0.3 is 10.4 Å². The van der Waals surface area contributed by atoms with Crippen LogP contribution in [-0.2, 0) is 0 Å². The molecule has 6 nitrogen and oxygen atoms in total. The molecule has 0 saturated heterocycles. The van der Waals surface area contributed by atoms with Gasteiger partial charge in [-0.2, -0.15) is 0 Å². The van der Waals surface area contributed by atoms with Crippen molar-refractivity contribution >= 4 is 17.3 Å². The molecule has 0 atom stereocenters. The van der Waals surface area contributed by atoms with Gasteiger partial charge in [0.25, 0.3) is 5.69 Å². The van der Waals surface area contributed by atoms with Crippen molar-refractivity contribution in [1.82, 2.24) is 0 Å². The summed E-state index contributed by atoms with van der Waals surface area (Å²) in [5, 5.41) is 22.1. The third kappa shape index (κ3) is 1.88. The average molecular weight is 210 g/mol. The quantitative estimate of drug-likeness (QED) is 0.584. The molecule has 1 rings (SSSR count). The van der Waals surface area contributed by atoms with E-state index in [1.54, 1.807) is 0 Å². The molecule has 2 N–H and O–H groups in total. The van der Waals surface area contributed by atoms with Gasteiger partial charge in [0.1, 0.15) is 5.69 Å². The molecule has 0 aliphatic heterocycles. The van der Waals surface area contributed by atoms with E-state index in [0.717, 1.165) is 0 Å². The number of carbonyl (C=O) groups is 1. The van der Waals surface area contributed by atoms with Gasteiger partial charge in [-0.3, -0.25) is 10.1 Å². The SMILES string of the molecule is CNc1c([N+](=O)[O-])ccc(C(=O)O)c1C. The van der Waals surface area contributed by atoms with Gasteiger partial charge in [-0.25, -0.2) is 4.79 Å². The number of rotatable bonds is 3. The Labute approximate surface area is 85.7 Å². The molecule has 0 aliphatic rings. The third-order valence-corrected chi connectivity index (χ3v) is 2.12. The monoisotopic (exact) mass is 210 g/mol. The number of anilines is 1. The van der Waals surface area contributed by atoms with Gasteiger partial charge in [-0.1, -0.05) is 0 Å². The molecular formula is C9H10N2O4. The molecule has 1 aromatic carbocycles. The van der Waals surface area contributed by atoms with Crippen LogP contribution >= 0.6 is 0 Å². The van der Waals surface area contributed by atoms with Gasteiger partial charge in [0.15, 0.2) is 0 Å². The summed E-state index contributed by atoms with van der Waals surface area (Å²) in [7, 11) is 1.51. The highest BCUT2D eigenvalue weighted by atomic mass is 16.6. The maximum absolute atomic E-state index is 10.8. The highest BCUT2D eigenvalue weighted by molar-refractivity contribution is 5.92. The van der Waals surface area contributed by atoms with Crippen LogP contribution in [0, 0.1) is 17.0 Å². The van der Waals surface area contributed by atoms with Crippen LogP contribution < -0.4 is 5.32 Å². The van der Waals surface area contributed by atoms with Gasteiger partial charge in [0, 0.05) is 13.1 Å². The standard InChI is InChI=1S/C9H10N2O4/c1-5-6(9(12)13)3-4-7(11(14)15)8(5)10-2/h3-4,10H,1-2H3,(H,12,13). The van der Waals surface area contributed by atoms with Crippen LogP contribution in [0.25, 0.3) is 0 Å². The minimum atomic E-state index is -1.10. The van der Waals surface area contributed by atoms with Crippen LogP contribution in [0.4, 0.5) is 11.4 Å². The molecule has 0 saturated carbocycles. The summed E-state index contributed by atoms with van der Waals surface area (Å²) in [4.78, 5) is 20.9. The van der Waals surface area contributed by atoms with E-state index in [1.807, 2.05) is 0 Å². The Bertz CT molecular complexity index is 428. The lowest BCUT2D eigenvalue weighted by Crippen LogP contribution is -2.05. The van der Waals surface area contributed by atoms with Crippen molar-refractivity contribution in [2.45, 2.75) is 6.92 Å². The zero-order chi connectivity index (χ0) is 11.6. The summed E-state index contributed by atoms with van der Waals surface area (Å²) in [6, 6.07) is 2.42. The minimum Gasteiger partial charge on any atom is -0.478 e. The van der Waals surface area contributed by atoms with Gasteiger partial charge in [0.2, 0.25) is 0 Å². The lowest BCUT2D eigenvalue weighted by atomic mass is 10.1. The minimum absolute atomic E-state index is 0.0601. The summed E-state index contributed by atoms with van der Waals surface area (Å²) in [6.07, 6.45) is 0. The summed E-state index contributed by atoms with van der Waals surface area (Å²) in [5.74, 6) is -1.10. The van der Waals surface area contributed by atoms with Crippen molar-refractivity contribution in [3.63, 3.8) is 0 Å². The molecule has 0 fully saturated rings. The summed E-state index contributed by atoms with van der Waals surface area (Å²) >= 11 is 0. The van der Waals surface area contributed by atoms with E-state index in [0.29, 0.717) is 5.56 Å². The highest BCUT2D eigenvalue weighted by Crippen LogP contribution is 2.29. The predicted molar refractivity (Wildman–Crippen MR) is 54.3 cm³/mol. The molecule has 80 valence electrons. The summed E-state index contributed by atoms with van der Waals surface area (Å²) in [5.41, 5.74) is 0.532. The van der Waals surface area contributed by atoms with E-state index in [2.05, 4.69) is 5.32 Å². The predicted octanol–water partition coefficient (Wildman–Crippen LogP) is 1.64. The highest BCUT2D eigenvalue weighted by Gasteiger charge is 2.19. The average Bonchev–Trinajstić information content (AvgIpc) is 2.16. The molecule has 0 amide bonds. The molecule has 15 heavy (non-hydrogen) atoms. The second-order valence-corrected chi connectivity index (χ2v) is 2.94. The molecule has 0 radical (unpaired) electrons. The molecule has 0 aromatic heterocycles. The Balaban J connectivity index is 3.45. The van der Waals surface area contributed by atoms with Gasteiger partial charge >= 0.3 is 5.97 Å². The number of nitro benzene ring substituents is 1. The second-order valence-electron chi connectivity index (χ2n) is 2.94. The summed E-state index contributed by atoms with van der Waals surface area (Å²) in [6.45, 7) is 1.53. The number of benzene rings is 1. The van der Waals surface area contributed by atoms with Crippen molar-refractivity contribution in [3.8, 4) is 0 Å². The van der Waals surface area contributed by atoms with Gasteiger partial charge in [-0.05, 0) is 18.6 Å². The van der Waals surface area contributed by atoms with Crippen molar-refractivity contribution in [2.24, 2.45) is 0 Å². The van der Waals surface area contributed by atoms with Crippen LogP contribution in [0.3, 0.4) is 0 Å². The number of aromatic carboxylic acids is 1. The van der Waals surface area contributed by atoms with Crippen molar-refractivity contribution in [3.05, 3.63) is 33.4 Å². The number of hydrogen-bond acceptors (Lipinski definition) is 4. The fraction of sp³-hybridized carbons (Fsp3) is 0.222. The van der Waals surface area contributed by atoms with E-state index in [4.69, 9.17) is 5.11 Å². The number of hydrogen-bond donors (Lipinski definition) is 2. The molecular weight excluding hydrogens is 200 g/mol. The largest absolute Gasteiger partial charge is 0.478 e. The van der Waals surface area contributed by atoms with E-state index in [-0.39, 0.29) is 16.9 Å². The first-order valence-electron chi connectivity index (χ1n) is 4.18. The zero-order valence-electron chi connectivity index (χ0n) is 8.27. The lowest BCUT2D eigenvalue weighted by molar-refractivity contribution is -0.384. The molecule has 0 bridgehead atoms. The number of nitrogens with zero attached hydrogens (tertiary/aromatic N) is 1. The molecule has 6 heteroatoms. The van der Waals surface area contributed by atoms with Gasteiger partial charge in [-0.15, -0.1) is 0 Å². The first-order valence-corrected chi connectivity index (χ1v) is 4.18. The summed E-state index contributed by atoms with van der Waals surface area (Å²) < 4.78 is 0. The lowest BCUT2D eigenvalue weighted by Gasteiger charge is -2.08. The first-order chi connectivity index (χ1) is 6.99. The number of carboxylic acid groups (broad SMARTS) is 1. The van der Waals surface area contributed by atoms with Crippen molar-refractivity contribution in [1.29, 1.82) is 0 Å². The number of nitro groups is 1. The smallest absolute Gasteiger partial charge is 0.336 e. The second kappa shape index (κ2) is 3.95. The topological polar surface area (TPSA) is 92.5 Å². The van der Waals surface area contributed by atoms with E-state index < -0.39 is 10.9 Å². The van der Waals surface area contributed by atoms with Crippen LogP contribution in [0.2, 0.25) is 0 Å². The van der Waals surface area contributed by atoms with Crippen molar-refractivity contribution < 1.29 is 14.8 Å². The van der Waals surface area contributed by atoms with Crippen LogP contribution in [0.15, 0.2) is 12.1 Å². The Hall–Kier alpha value is -2.11. The Kier molecular flexibility index (Phi) is 2.89. The molecule has 0 heterocycles. The van der Waals surface area contributed by atoms with Gasteiger partial charge in [0.05, 0.1) is 10.5 Å². The maximum atomic E-state index is 10.8. The Morgan fingerprint density at radius 2 is 2.13 bits per heavy atom.